The molecule has 0 aliphatic rings. The van der Waals surface area contributed by atoms with E-state index in [0.717, 1.165) is 5.69 Å². The molecule has 2 N–H and O–H groups in total. The van der Waals surface area contributed by atoms with E-state index in [0.29, 0.717) is 0 Å². The highest BCUT2D eigenvalue weighted by Crippen LogP contribution is 2.11. The SMILES string of the molecule is Cc1ccc(N=NN)cc1. The van der Waals surface area contributed by atoms with E-state index >= 15 is 0 Å². The van der Waals surface area contributed by atoms with Gasteiger partial charge in [0, 0.05) is 0 Å². The molecule has 0 unspecified atom stereocenters. The van der Waals surface area contributed by atoms with Crippen molar-refractivity contribution >= 4 is 5.69 Å². The Morgan fingerprint density at radius 1 is 1.20 bits per heavy atom. The minimum atomic E-state index is 0.785. The van der Waals surface area contributed by atoms with E-state index in [4.69, 9.17) is 5.84 Å². The van der Waals surface area contributed by atoms with Crippen molar-refractivity contribution < 1.29 is 0 Å². The summed E-state index contributed by atoms with van der Waals surface area (Å²) in [6.07, 6.45) is 0. The van der Waals surface area contributed by atoms with Crippen molar-refractivity contribution in [3.8, 4) is 0 Å². The van der Waals surface area contributed by atoms with E-state index in [2.05, 4.69) is 10.3 Å². The predicted octanol–water partition coefficient (Wildman–Crippen LogP) is 1.95. The highest BCUT2D eigenvalue weighted by Gasteiger charge is 1.85. The van der Waals surface area contributed by atoms with Gasteiger partial charge < -0.3 is 5.84 Å². The maximum atomic E-state index is 4.86. The van der Waals surface area contributed by atoms with Crippen LogP contribution in [0.2, 0.25) is 0 Å². The average Bonchev–Trinajstić information content (AvgIpc) is 1.95. The Balaban J connectivity index is 2.89. The highest BCUT2D eigenvalue weighted by atomic mass is 15.3. The van der Waals surface area contributed by atoms with E-state index in [1.54, 1.807) is 0 Å². The molecule has 1 aromatic rings. The minimum Gasteiger partial charge on any atom is -0.305 e. The van der Waals surface area contributed by atoms with Crippen LogP contribution in [0.25, 0.3) is 0 Å². The zero-order valence-electron chi connectivity index (χ0n) is 5.78. The largest absolute Gasteiger partial charge is 0.305 e. The molecule has 3 heteroatoms. The lowest BCUT2D eigenvalue weighted by Gasteiger charge is -1.90. The Bertz CT molecular complexity index is 225. The van der Waals surface area contributed by atoms with Crippen LogP contribution < -0.4 is 5.84 Å². The summed E-state index contributed by atoms with van der Waals surface area (Å²) < 4.78 is 0. The predicted molar refractivity (Wildman–Crippen MR) is 39.9 cm³/mol. The van der Waals surface area contributed by atoms with Gasteiger partial charge in [0.05, 0.1) is 5.69 Å². The fourth-order valence-corrected chi connectivity index (χ4v) is 0.678. The first-order valence-electron chi connectivity index (χ1n) is 3.00. The van der Waals surface area contributed by atoms with Gasteiger partial charge in [0.2, 0.25) is 0 Å². The van der Waals surface area contributed by atoms with Crippen LogP contribution >= 0.6 is 0 Å². The van der Waals surface area contributed by atoms with Crippen molar-refractivity contribution in [1.29, 1.82) is 0 Å². The summed E-state index contributed by atoms with van der Waals surface area (Å²) in [6, 6.07) is 7.66. The second-order valence-electron chi connectivity index (χ2n) is 2.05. The zero-order chi connectivity index (χ0) is 7.40. The molecule has 0 aliphatic heterocycles. The summed E-state index contributed by atoms with van der Waals surface area (Å²) in [5, 5.41) is 6.81. The van der Waals surface area contributed by atoms with Crippen LogP contribution in [0.1, 0.15) is 5.56 Å². The fourth-order valence-electron chi connectivity index (χ4n) is 0.678. The molecule has 52 valence electrons. The molecule has 0 aromatic heterocycles. The second kappa shape index (κ2) is 2.96. The fraction of sp³-hybridized carbons (Fsp3) is 0.143. The molecule has 0 amide bonds. The molecule has 1 rings (SSSR count). The molecule has 0 fully saturated rings. The van der Waals surface area contributed by atoms with Crippen molar-refractivity contribution in [2.24, 2.45) is 16.2 Å². The number of hydrogen-bond donors (Lipinski definition) is 1. The molecular weight excluding hydrogens is 126 g/mol. The molecule has 0 bridgehead atoms. The van der Waals surface area contributed by atoms with Crippen molar-refractivity contribution in [1.82, 2.24) is 0 Å². The third kappa shape index (κ3) is 1.55. The Morgan fingerprint density at radius 3 is 2.30 bits per heavy atom. The number of benzene rings is 1. The number of nitrogens with zero attached hydrogens (tertiary/aromatic N) is 2. The summed E-state index contributed by atoms with van der Waals surface area (Å²) in [6.45, 7) is 2.02. The van der Waals surface area contributed by atoms with Crippen LogP contribution in [0.5, 0.6) is 0 Å². The molecular formula is C7H9N3. The monoisotopic (exact) mass is 135 g/mol. The summed E-state index contributed by atoms with van der Waals surface area (Å²) >= 11 is 0. The van der Waals surface area contributed by atoms with E-state index in [1.807, 2.05) is 31.2 Å². The van der Waals surface area contributed by atoms with Crippen LogP contribution in [0, 0.1) is 6.92 Å². The Morgan fingerprint density at radius 2 is 1.80 bits per heavy atom. The molecule has 0 spiro atoms. The normalized spacial score (nSPS) is 10.5. The topological polar surface area (TPSA) is 50.7 Å². The third-order valence-electron chi connectivity index (χ3n) is 1.21. The smallest absolute Gasteiger partial charge is 0.0874 e. The van der Waals surface area contributed by atoms with Gasteiger partial charge in [-0.2, -0.15) is 0 Å². The lowest BCUT2D eigenvalue weighted by Crippen LogP contribution is -1.74. The molecule has 0 saturated carbocycles. The quantitative estimate of drug-likeness (QED) is 0.357. The maximum Gasteiger partial charge on any atom is 0.0874 e. The number of nitrogens with two attached hydrogens (primary N) is 1. The van der Waals surface area contributed by atoms with Crippen molar-refractivity contribution in [2.75, 3.05) is 0 Å². The first-order chi connectivity index (χ1) is 4.83. The third-order valence-corrected chi connectivity index (χ3v) is 1.21. The molecule has 0 heterocycles. The van der Waals surface area contributed by atoms with Crippen LogP contribution in [-0.2, 0) is 0 Å². The van der Waals surface area contributed by atoms with Crippen LogP contribution in [0.3, 0.4) is 0 Å². The van der Waals surface area contributed by atoms with Gasteiger partial charge in [-0.25, -0.2) is 0 Å². The lowest BCUT2D eigenvalue weighted by molar-refractivity contribution is 1.06. The summed E-state index contributed by atoms with van der Waals surface area (Å²) in [7, 11) is 0. The van der Waals surface area contributed by atoms with Gasteiger partial charge in [0.25, 0.3) is 0 Å². The molecule has 0 saturated heterocycles. The zero-order valence-corrected chi connectivity index (χ0v) is 5.78. The molecule has 0 radical (unpaired) electrons. The van der Waals surface area contributed by atoms with E-state index in [-0.39, 0.29) is 0 Å². The van der Waals surface area contributed by atoms with E-state index < -0.39 is 0 Å². The number of rotatable bonds is 1. The summed E-state index contributed by atoms with van der Waals surface area (Å²) in [4.78, 5) is 0. The standard InChI is InChI=1S/C7H9N3/c1-6-2-4-7(5-3-6)9-10-8/h2-5H,1H3,(H2,8,9). The lowest BCUT2D eigenvalue weighted by atomic mass is 10.2. The van der Waals surface area contributed by atoms with Gasteiger partial charge in [-0.1, -0.05) is 22.9 Å². The number of aryl methyl sites for hydroxylation is 1. The average molecular weight is 135 g/mol. The second-order valence-corrected chi connectivity index (χ2v) is 2.05. The van der Waals surface area contributed by atoms with Gasteiger partial charge in [0.1, 0.15) is 0 Å². The van der Waals surface area contributed by atoms with Gasteiger partial charge in [-0.15, -0.1) is 5.11 Å². The first kappa shape index (κ1) is 6.74. The Hall–Kier alpha value is -1.38. The summed E-state index contributed by atoms with van der Waals surface area (Å²) in [5.74, 6) is 4.86. The van der Waals surface area contributed by atoms with E-state index in [9.17, 15) is 0 Å². The molecule has 0 aliphatic carbocycles. The van der Waals surface area contributed by atoms with E-state index in [1.165, 1.54) is 5.56 Å². The Kier molecular flexibility index (Phi) is 1.99. The van der Waals surface area contributed by atoms with Gasteiger partial charge in [0.15, 0.2) is 0 Å². The molecule has 10 heavy (non-hydrogen) atoms. The van der Waals surface area contributed by atoms with Gasteiger partial charge >= 0.3 is 0 Å². The van der Waals surface area contributed by atoms with Crippen molar-refractivity contribution in [2.45, 2.75) is 6.92 Å². The van der Waals surface area contributed by atoms with Crippen molar-refractivity contribution in [3.63, 3.8) is 0 Å². The first-order valence-corrected chi connectivity index (χ1v) is 3.00. The molecule has 0 atom stereocenters. The van der Waals surface area contributed by atoms with Crippen LogP contribution in [0.15, 0.2) is 34.6 Å². The van der Waals surface area contributed by atoms with Crippen molar-refractivity contribution in [3.05, 3.63) is 29.8 Å². The number of hydrogen-bond acceptors (Lipinski definition) is 2. The van der Waals surface area contributed by atoms with Crippen LogP contribution in [-0.4, -0.2) is 0 Å². The highest BCUT2D eigenvalue weighted by molar-refractivity contribution is 5.37. The Labute approximate surface area is 59.6 Å². The molecule has 3 nitrogen and oxygen atoms in total. The van der Waals surface area contributed by atoms with Gasteiger partial charge in [-0.3, -0.25) is 0 Å². The summed E-state index contributed by atoms with van der Waals surface area (Å²) in [5.41, 5.74) is 1.99. The van der Waals surface area contributed by atoms with Crippen LogP contribution in [0.4, 0.5) is 5.69 Å². The maximum absolute atomic E-state index is 4.86. The van der Waals surface area contributed by atoms with Gasteiger partial charge in [-0.05, 0) is 19.1 Å². The minimum absolute atomic E-state index is 0.785. The molecule has 1 aromatic carbocycles.